The van der Waals surface area contributed by atoms with Crippen LogP contribution < -0.4 is 0 Å². The molecule has 1 aliphatic carbocycles. The maximum Gasteiger partial charge on any atom is 0.335 e. The Morgan fingerprint density at radius 2 is 2.17 bits per heavy atom. The number of hydrogen-bond donors (Lipinski definition) is 2. The summed E-state index contributed by atoms with van der Waals surface area (Å²) in [5.41, 5.74) is 1.03. The van der Waals surface area contributed by atoms with Crippen LogP contribution in [0.2, 0.25) is 0 Å². The van der Waals surface area contributed by atoms with Crippen molar-refractivity contribution < 1.29 is 19.7 Å². The molecule has 1 aromatic carbocycles. The summed E-state index contributed by atoms with van der Waals surface area (Å²) in [4.78, 5) is 11.1. The Morgan fingerprint density at radius 3 is 2.89 bits per heavy atom. The van der Waals surface area contributed by atoms with Crippen molar-refractivity contribution in [1.29, 1.82) is 0 Å². The molecule has 2 aliphatic rings. The quantitative estimate of drug-likeness (QED) is 0.804. The second kappa shape index (κ2) is 4.28. The van der Waals surface area contributed by atoms with Gasteiger partial charge in [0.15, 0.2) is 0 Å². The molecule has 0 spiro atoms. The van der Waals surface area contributed by atoms with Gasteiger partial charge in [-0.3, -0.25) is 0 Å². The highest BCUT2D eigenvalue weighted by Crippen LogP contribution is 2.40. The molecule has 3 rings (SSSR count). The van der Waals surface area contributed by atoms with E-state index in [0.29, 0.717) is 30.1 Å². The van der Waals surface area contributed by atoms with Crippen molar-refractivity contribution in [3.8, 4) is 5.75 Å². The van der Waals surface area contributed by atoms with Crippen LogP contribution in [0.5, 0.6) is 5.75 Å². The number of hydrogen-bond acceptors (Lipinski definition) is 3. The van der Waals surface area contributed by atoms with Crippen LogP contribution >= 0.6 is 0 Å². The van der Waals surface area contributed by atoms with E-state index in [4.69, 9.17) is 9.84 Å². The fraction of sp³-hybridized carbons (Fsp3) is 0.500. The number of phenolic OH excluding ortho intramolecular Hbond substituents is 1. The first-order chi connectivity index (χ1) is 8.63. The Labute approximate surface area is 105 Å². The Bertz CT molecular complexity index is 483. The third-order valence-corrected chi connectivity index (χ3v) is 3.94. The van der Waals surface area contributed by atoms with Gasteiger partial charge in [0.2, 0.25) is 0 Å². The average Bonchev–Trinajstić information content (AvgIpc) is 3.07. The summed E-state index contributed by atoms with van der Waals surface area (Å²) in [6, 6.07) is 4.48. The molecule has 1 aliphatic heterocycles. The number of ether oxygens (including phenoxy) is 1. The van der Waals surface area contributed by atoms with E-state index < -0.39 is 5.97 Å². The Morgan fingerprint density at radius 1 is 1.33 bits per heavy atom. The number of carbonyl (C=O) groups is 1. The van der Waals surface area contributed by atoms with Crippen molar-refractivity contribution in [2.24, 2.45) is 5.92 Å². The highest BCUT2D eigenvalue weighted by molar-refractivity contribution is 5.89. The smallest absolute Gasteiger partial charge is 0.335 e. The van der Waals surface area contributed by atoms with Crippen LogP contribution in [0.25, 0.3) is 0 Å². The fourth-order valence-electron chi connectivity index (χ4n) is 2.94. The van der Waals surface area contributed by atoms with Gasteiger partial charge < -0.3 is 14.9 Å². The summed E-state index contributed by atoms with van der Waals surface area (Å²) >= 11 is 0. The number of carboxylic acids is 1. The van der Waals surface area contributed by atoms with Crippen LogP contribution in [-0.2, 0) is 11.2 Å². The van der Waals surface area contributed by atoms with E-state index in [1.165, 1.54) is 12.1 Å². The molecule has 3 atom stereocenters. The number of benzene rings is 1. The summed E-state index contributed by atoms with van der Waals surface area (Å²) in [6.07, 6.45) is 4.74. The number of aromatic carboxylic acids is 1. The van der Waals surface area contributed by atoms with Crippen LogP contribution in [0.1, 0.15) is 35.2 Å². The van der Waals surface area contributed by atoms with Gasteiger partial charge in [-0.15, -0.1) is 0 Å². The summed E-state index contributed by atoms with van der Waals surface area (Å²) in [5.74, 6) is -0.332. The molecule has 1 heterocycles. The third kappa shape index (κ3) is 2.20. The first kappa shape index (κ1) is 11.5. The first-order valence-electron chi connectivity index (χ1n) is 6.34. The average molecular weight is 248 g/mol. The zero-order valence-corrected chi connectivity index (χ0v) is 10.0. The SMILES string of the molecule is O=C(O)c1ccc(O)cc1CC1CCC2OC2C1. The summed E-state index contributed by atoms with van der Waals surface area (Å²) < 4.78 is 5.48. The maximum absolute atomic E-state index is 11.1. The fourth-order valence-corrected chi connectivity index (χ4v) is 2.94. The number of fused-ring (bicyclic) bond motifs is 1. The minimum absolute atomic E-state index is 0.131. The van der Waals surface area contributed by atoms with E-state index in [9.17, 15) is 9.90 Å². The molecule has 2 fully saturated rings. The van der Waals surface area contributed by atoms with Gasteiger partial charge in [-0.25, -0.2) is 4.79 Å². The molecule has 0 amide bonds. The van der Waals surface area contributed by atoms with Gasteiger partial charge in [-0.05, 0) is 55.4 Å². The monoisotopic (exact) mass is 248 g/mol. The zero-order valence-electron chi connectivity index (χ0n) is 10.0. The molecular weight excluding hydrogens is 232 g/mol. The number of aromatic hydroxyl groups is 1. The predicted octanol–water partition coefficient (Wildman–Crippen LogP) is 2.20. The van der Waals surface area contributed by atoms with Gasteiger partial charge in [0.05, 0.1) is 17.8 Å². The van der Waals surface area contributed by atoms with E-state index in [1.807, 2.05) is 0 Å². The van der Waals surface area contributed by atoms with Gasteiger partial charge in [0.1, 0.15) is 5.75 Å². The normalized spacial score (nSPS) is 29.7. The van der Waals surface area contributed by atoms with E-state index in [0.717, 1.165) is 24.8 Å². The number of carboxylic acid groups (broad SMARTS) is 1. The topological polar surface area (TPSA) is 70.1 Å². The van der Waals surface area contributed by atoms with Crippen LogP contribution in [-0.4, -0.2) is 28.4 Å². The van der Waals surface area contributed by atoms with Crippen molar-refractivity contribution in [1.82, 2.24) is 0 Å². The van der Waals surface area contributed by atoms with E-state index >= 15 is 0 Å². The minimum Gasteiger partial charge on any atom is -0.508 e. The summed E-state index contributed by atoms with van der Waals surface area (Å²) in [7, 11) is 0. The number of epoxide rings is 1. The van der Waals surface area contributed by atoms with Crippen molar-refractivity contribution >= 4 is 5.97 Å². The molecule has 4 heteroatoms. The van der Waals surface area contributed by atoms with Crippen molar-refractivity contribution in [3.05, 3.63) is 29.3 Å². The molecule has 96 valence electrons. The lowest BCUT2D eigenvalue weighted by Crippen LogP contribution is -2.17. The molecule has 3 unspecified atom stereocenters. The Hall–Kier alpha value is -1.55. The highest BCUT2D eigenvalue weighted by atomic mass is 16.6. The van der Waals surface area contributed by atoms with Crippen LogP contribution in [0, 0.1) is 5.92 Å². The van der Waals surface area contributed by atoms with Crippen molar-refractivity contribution in [2.75, 3.05) is 0 Å². The molecule has 4 nitrogen and oxygen atoms in total. The van der Waals surface area contributed by atoms with Gasteiger partial charge in [-0.1, -0.05) is 0 Å². The molecular formula is C14H16O4. The second-order valence-electron chi connectivity index (χ2n) is 5.24. The highest BCUT2D eigenvalue weighted by Gasteiger charge is 2.43. The Kier molecular flexibility index (Phi) is 2.74. The van der Waals surface area contributed by atoms with Gasteiger partial charge >= 0.3 is 5.97 Å². The van der Waals surface area contributed by atoms with Crippen LogP contribution in [0.3, 0.4) is 0 Å². The maximum atomic E-state index is 11.1. The lowest BCUT2D eigenvalue weighted by Gasteiger charge is -2.19. The Balaban J connectivity index is 1.78. The second-order valence-corrected chi connectivity index (χ2v) is 5.24. The molecule has 18 heavy (non-hydrogen) atoms. The van der Waals surface area contributed by atoms with Crippen molar-refractivity contribution in [2.45, 2.75) is 37.9 Å². The zero-order chi connectivity index (χ0) is 12.7. The lowest BCUT2D eigenvalue weighted by molar-refractivity contribution is 0.0695. The van der Waals surface area contributed by atoms with E-state index in [2.05, 4.69) is 0 Å². The van der Waals surface area contributed by atoms with Crippen LogP contribution in [0.15, 0.2) is 18.2 Å². The molecule has 1 saturated heterocycles. The molecule has 2 N–H and O–H groups in total. The lowest BCUT2D eigenvalue weighted by atomic mass is 9.84. The summed E-state index contributed by atoms with van der Waals surface area (Å²) in [6.45, 7) is 0. The van der Waals surface area contributed by atoms with E-state index in [1.54, 1.807) is 6.07 Å². The first-order valence-corrected chi connectivity index (χ1v) is 6.34. The molecule has 1 aromatic rings. The third-order valence-electron chi connectivity index (χ3n) is 3.94. The van der Waals surface area contributed by atoms with E-state index in [-0.39, 0.29) is 5.75 Å². The standard InChI is InChI=1S/C14H16O4/c15-10-2-3-11(14(16)17)9(7-10)5-8-1-4-12-13(6-8)18-12/h2-3,7-8,12-13,15H,1,4-6H2,(H,16,17). The van der Waals surface area contributed by atoms with Gasteiger partial charge in [0, 0.05) is 0 Å². The largest absolute Gasteiger partial charge is 0.508 e. The number of rotatable bonds is 3. The summed E-state index contributed by atoms with van der Waals surface area (Å²) in [5, 5.41) is 18.6. The van der Waals surface area contributed by atoms with Crippen LogP contribution in [0.4, 0.5) is 0 Å². The number of phenols is 1. The molecule has 0 bridgehead atoms. The minimum atomic E-state index is -0.929. The van der Waals surface area contributed by atoms with Gasteiger partial charge in [0.25, 0.3) is 0 Å². The van der Waals surface area contributed by atoms with Crippen molar-refractivity contribution in [3.63, 3.8) is 0 Å². The van der Waals surface area contributed by atoms with Gasteiger partial charge in [-0.2, -0.15) is 0 Å². The molecule has 0 aromatic heterocycles. The molecule has 1 saturated carbocycles. The molecule has 0 radical (unpaired) electrons. The predicted molar refractivity (Wildman–Crippen MR) is 64.8 cm³/mol.